The number of nitrogens with zero attached hydrogens (tertiary/aromatic N) is 1. The zero-order chi connectivity index (χ0) is 9.14. The van der Waals surface area contributed by atoms with Crippen LogP contribution in [0.3, 0.4) is 0 Å². The van der Waals surface area contributed by atoms with Gasteiger partial charge in [-0.25, -0.2) is 0 Å². The largest absolute Gasteiger partial charge is 0.394 e. The van der Waals surface area contributed by atoms with Gasteiger partial charge in [-0.2, -0.15) is 0 Å². The summed E-state index contributed by atoms with van der Waals surface area (Å²) in [5, 5.41) is 8.93. The third kappa shape index (κ3) is 1.76. The van der Waals surface area contributed by atoms with Crippen LogP contribution in [0, 0.1) is 0 Å². The first-order valence-corrected chi connectivity index (χ1v) is 4.33. The van der Waals surface area contributed by atoms with Gasteiger partial charge >= 0.3 is 0 Å². The van der Waals surface area contributed by atoms with Crippen LogP contribution in [0.25, 0.3) is 0 Å². The zero-order valence-electron chi connectivity index (χ0n) is 7.36. The van der Waals surface area contributed by atoms with Crippen LogP contribution in [0.2, 0.25) is 0 Å². The first-order valence-electron chi connectivity index (χ1n) is 4.33. The van der Waals surface area contributed by atoms with Crippen LogP contribution in [-0.2, 0) is 4.79 Å². The highest BCUT2D eigenvalue weighted by atomic mass is 16.3. The third-order valence-electron chi connectivity index (χ3n) is 2.26. The molecule has 1 heterocycles. The molecule has 0 spiro atoms. The summed E-state index contributed by atoms with van der Waals surface area (Å²) in [6, 6.07) is -0.444. The SMILES string of the molecule is C[C@@H](N)C(=O)N1CCCC1CO. The minimum absolute atomic E-state index is 0.00324. The molecule has 0 bridgehead atoms. The third-order valence-corrected chi connectivity index (χ3v) is 2.26. The molecule has 3 N–H and O–H groups in total. The van der Waals surface area contributed by atoms with E-state index in [1.54, 1.807) is 11.8 Å². The molecule has 4 nitrogen and oxygen atoms in total. The molecular weight excluding hydrogens is 156 g/mol. The van der Waals surface area contributed by atoms with Crippen molar-refractivity contribution in [3.63, 3.8) is 0 Å². The normalized spacial score (nSPS) is 25.9. The number of rotatable bonds is 2. The van der Waals surface area contributed by atoms with Crippen molar-refractivity contribution in [1.82, 2.24) is 4.90 Å². The number of amides is 1. The Kier molecular flexibility index (Phi) is 3.05. The Bertz CT molecular complexity index is 170. The monoisotopic (exact) mass is 172 g/mol. The molecule has 1 aliphatic rings. The summed E-state index contributed by atoms with van der Waals surface area (Å²) in [6.07, 6.45) is 1.87. The summed E-state index contributed by atoms with van der Waals surface area (Å²) in [7, 11) is 0. The van der Waals surface area contributed by atoms with Crippen LogP contribution in [0.4, 0.5) is 0 Å². The molecule has 1 unspecified atom stereocenters. The van der Waals surface area contributed by atoms with Gasteiger partial charge in [0.1, 0.15) is 0 Å². The Balaban J connectivity index is 2.55. The van der Waals surface area contributed by atoms with Gasteiger partial charge in [0.05, 0.1) is 18.7 Å². The number of aliphatic hydroxyl groups excluding tert-OH is 1. The summed E-state index contributed by atoms with van der Waals surface area (Å²) in [5.41, 5.74) is 5.46. The maximum Gasteiger partial charge on any atom is 0.239 e. The minimum atomic E-state index is -0.447. The van der Waals surface area contributed by atoms with E-state index in [-0.39, 0.29) is 18.6 Å². The van der Waals surface area contributed by atoms with Crippen LogP contribution < -0.4 is 5.73 Å². The van der Waals surface area contributed by atoms with E-state index >= 15 is 0 Å². The lowest BCUT2D eigenvalue weighted by atomic mass is 10.2. The molecule has 70 valence electrons. The molecule has 0 aromatic heterocycles. The molecule has 0 aromatic rings. The second-order valence-corrected chi connectivity index (χ2v) is 3.30. The number of likely N-dealkylation sites (tertiary alicyclic amines) is 1. The number of carbonyl (C=O) groups excluding carboxylic acids is 1. The minimum Gasteiger partial charge on any atom is -0.394 e. The van der Waals surface area contributed by atoms with Crippen LogP contribution in [0.1, 0.15) is 19.8 Å². The van der Waals surface area contributed by atoms with Gasteiger partial charge in [0.25, 0.3) is 0 Å². The lowest BCUT2D eigenvalue weighted by Gasteiger charge is -2.24. The van der Waals surface area contributed by atoms with E-state index in [1.807, 2.05) is 0 Å². The van der Waals surface area contributed by atoms with Crippen molar-refractivity contribution in [3.05, 3.63) is 0 Å². The average Bonchev–Trinajstić information content (AvgIpc) is 2.49. The van der Waals surface area contributed by atoms with Crippen molar-refractivity contribution in [2.24, 2.45) is 5.73 Å². The number of carbonyl (C=O) groups is 1. The Morgan fingerprint density at radius 2 is 2.50 bits per heavy atom. The Labute approximate surface area is 72.3 Å². The maximum atomic E-state index is 11.4. The van der Waals surface area contributed by atoms with Crippen LogP contribution in [0.5, 0.6) is 0 Å². The van der Waals surface area contributed by atoms with Crippen molar-refractivity contribution >= 4 is 5.91 Å². The highest BCUT2D eigenvalue weighted by Crippen LogP contribution is 2.16. The smallest absolute Gasteiger partial charge is 0.239 e. The van der Waals surface area contributed by atoms with Gasteiger partial charge in [0.15, 0.2) is 0 Å². The molecule has 1 saturated heterocycles. The standard InChI is InChI=1S/C8H16N2O2/c1-6(9)8(12)10-4-2-3-7(10)5-11/h6-7,11H,2-5,9H2,1H3/t6-,7?/m1/s1. The molecular formula is C8H16N2O2. The Morgan fingerprint density at radius 1 is 1.83 bits per heavy atom. The first-order chi connectivity index (χ1) is 5.66. The quantitative estimate of drug-likeness (QED) is 0.580. The summed E-state index contributed by atoms with van der Waals surface area (Å²) >= 11 is 0. The van der Waals surface area contributed by atoms with Crippen LogP contribution in [-0.4, -0.2) is 41.1 Å². The second-order valence-electron chi connectivity index (χ2n) is 3.30. The highest BCUT2D eigenvalue weighted by Gasteiger charge is 2.29. The summed E-state index contributed by atoms with van der Waals surface area (Å²) in [5.74, 6) is -0.0495. The summed E-state index contributed by atoms with van der Waals surface area (Å²) < 4.78 is 0. The number of aliphatic hydroxyl groups is 1. The molecule has 1 aliphatic heterocycles. The molecule has 1 rings (SSSR count). The van der Waals surface area contributed by atoms with E-state index in [0.29, 0.717) is 0 Å². The molecule has 1 amide bonds. The van der Waals surface area contributed by atoms with Crippen molar-refractivity contribution in [3.8, 4) is 0 Å². The fourth-order valence-corrected chi connectivity index (χ4v) is 1.58. The first kappa shape index (κ1) is 9.48. The molecule has 0 saturated carbocycles. The number of hydrogen-bond acceptors (Lipinski definition) is 3. The van der Waals surface area contributed by atoms with Gasteiger partial charge in [-0.1, -0.05) is 0 Å². The maximum absolute atomic E-state index is 11.4. The lowest BCUT2D eigenvalue weighted by Crippen LogP contribution is -2.45. The van der Waals surface area contributed by atoms with E-state index in [1.165, 1.54) is 0 Å². The molecule has 12 heavy (non-hydrogen) atoms. The predicted molar refractivity (Wildman–Crippen MR) is 45.5 cm³/mol. The van der Waals surface area contributed by atoms with Gasteiger partial charge in [-0.15, -0.1) is 0 Å². The Hall–Kier alpha value is -0.610. The number of hydrogen-bond donors (Lipinski definition) is 2. The molecule has 2 atom stereocenters. The van der Waals surface area contributed by atoms with E-state index < -0.39 is 6.04 Å². The Morgan fingerprint density at radius 3 is 3.00 bits per heavy atom. The van der Waals surface area contributed by atoms with Gasteiger partial charge in [-0.3, -0.25) is 4.79 Å². The van der Waals surface area contributed by atoms with Gasteiger partial charge < -0.3 is 15.7 Å². The predicted octanol–water partition coefficient (Wildman–Crippen LogP) is -0.683. The molecule has 0 aliphatic carbocycles. The van der Waals surface area contributed by atoms with Crippen molar-refractivity contribution in [2.45, 2.75) is 31.8 Å². The number of nitrogens with two attached hydrogens (primary N) is 1. The van der Waals surface area contributed by atoms with Crippen molar-refractivity contribution < 1.29 is 9.90 Å². The lowest BCUT2D eigenvalue weighted by molar-refractivity contribution is -0.133. The highest BCUT2D eigenvalue weighted by molar-refractivity contribution is 5.81. The topological polar surface area (TPSA) is 66.6 Å². The zero-order valence-corrected chi connectivity index (χ0v) is 7.36. The second kappa shape index (κ2) is 3.87. The molecule has 0 aromatic carbocycles. The molecule has 1 fully saturated rings. The molecule has 0 radical (unpaired) electrons. The van der Waals surface area contributed by atoms with Gasteiger partial charge in [0.2, 0.25) is 5.91 Å². The van der Waals surface area contributed by atoms with Gasteiger partial charge in [0, 0.05) is 6.54 Å². The van der Waals surface area contributed by atoms with E-state index in [9.17, 15) is 4.79 Å². The molecule has 4 heteroatoms. The van der Waals surface area contributed by atoms with Crippen LogP contribution >= 0.6 is 0 Å². The fraction of sp³-hybridized carbons (Fsp3) is 0.875. The fourth-order valence-electron chi connectivity index (χ4n) is 1.58. The summed E-state index contributed by atoms with van der Waals surface area (Å²) in [6.45, 7) is 2.47. The van der Waals surface area contributed by atoms with Crippen molar-refractivity contribution in [1.29, 1.82) is 0 Å². The van der Waals surface area contributed by atoms with E-state index in [2.05, 4.69) is 0 Å². The average molecular weight is 172 g/mol. The van der Waals surface area contributed by atoms with E-state index in [0.717, 1.165) is 19.4 Å². The van der Waals surface area contributed by atoms with Crippen molar-refractivity contribution in [2.75, 3.05) is 13.2 Å². The van der Waals surface area contributed by atoms with Crippen LogP contribution in [0.15, 0.2) is 0 Å². The van der Waals surface area contributed by atoms with E-state index in [4.69, 9.17) is 10.8 Å². The summed E-state index contributed by atoms with van der Waals surface area (Å²) in [4.78, 5) is 13.1. The van der Waals surface area contributed by atoms with Gasteiger partial charge in [-0.05, 0) is 19.8 Å².